The van der Waals surface area contributed by atoms with Crippen LogP contribution in [-0.4, -0.2) is 12.1 Å². The molecule has 1 aliphatic rings. The highest BCUT2D eigenvalue weighted by Crippen LogP contribution is 2.41. The first-order valence-electron chi connectivity index (χ1n) is 3.87. The molecule has 2 unspecified atom stereocenters. The summed E-state index contributed by atoms with van der Waals surface area (Å²) in [6, 6.07) is 3.29. The highest BCUT2D eigenvalue weighted by atomic mass is 32.1. The summed E-state index contributed by atoms with van der Waals surface area (Å²) in [7, 11) is 0. The van der Waals surface area contributed by atoms with Gasteiger partial charge in [0.25, 0.3) is 0 Å². The Morgan fingerprint density at radius 3 is 2.45 bits per heavy atom. The van der Waals surface area contributed by atoms with Crippen LogP contribution in [0.2, 0.25) is 0 Å². The first-order chi connectivity index (χ1) is 5.17. The predicted octanol–water partition coefficient (Wildman–Crippen LogP) is 1.72. The molecule has 3 heteroatoms. The molecule has 1 aromatic heterocycles. The van der Waals surface area contributed by atoms with Gasteiger partial charge in [-0.05, 0) is 19.2 Å². The van der Waals surface area contributed by atoms with Crippen LogP contribution in [0.5, 0.6) is 0 Å². The molecule has 2 nitrogen and oxygen atoms in total. The van der Waals surface area contributed by atoms with Crippen LogP contribution in [0.1, 0.15) is 13.8 Å². The molecule has 60 valence electrons. The Hall–Kier alpha value is -0.380. The molecule has 1 saturated heterocycles. The zero-order valence-electron chi connectivity index (χ0n) is 6.82. The molecule has 2 rings (SSSR count). The van der Waals surface area contributed by atoms with Crippen molar-refractivity contribution in [3.05, 3.63) is 16.8 Å². The van der Waals surface area contributed by atoms with Crippen LogP contribution in [0.25, 0.3) is 0 Å². The van der Waals surface area contributed by atoms with Crippen molar-refractivity contribution in [1.29, 1.82) is 0 Å². The SMILES string of the molecule is CC1C(C)[N+]1(N)c1ccsc1. The van der Waals surface area contributed by atoms with Crippen LogP contribution in [-0.2, 0) is 0 Å². The average molecular weight is 169 g/mol. The van der Waals surface area contributed by atoms with Gasteiger partial charge in [-0.25, -0.2) is 4.59 Å². The molecule has 0 aromatic carbocycles. The topological polar surface area (TPSA) is 26.0 Å². The zero-order chi connectivity index (χ0) is 8.06. The van der Waals surface area contributed by atoms with E-state index < -0.39 is 0 Å². The van der Waals surface area contributed by atoms with Gasteiger partial charge in [-0.2, -0.15) is 5.84 Å². The lowest BCUT2D eigenvalue weighted by Gasteiger charge is -2.09. The summed E-state index contributed by atoms with van der Waals surface area (Å²) in [5.74, 6) is 6.14. The van der Waals surface area contributed by atoms with E-state index in [1.165, 1.54) is 5.69 Å². The third kappa shape index (κ3) is 0.788. The van der Waals surface area contributed by atoms with Crippen molar-refractivity contribution >= 4 is 17.0 Å². The van der Waals surface area contributed by atoms with Gasteiger partial charge in [0.15, 0.2) is 17.8 Å². The molecule has 11 heavy (non-hydrogen) atoms. The molecule has 0 amide bonds. The molecule has 1 fully saturated rings. The third-order valence-corrected chi connectivity index (χ3v) is 3.58. The summed E-state index contributed by atoms with van der Waals surface area (Å²) in [6.07, 6.45) is 0. The normalized spacial score (nSPS) is 42.5. The molecule has 0 saturated carbocycles. The van der Waals surface area contributed by atoms with E-state index in [0.29, 0.717) is 16.7 Å². The molecule has 2 N–H and O–H groups in total. The van der Waals surface area contributed by atoms with Gasteiger partial charge in [0, 0.05) is 6.07 Å². The maximum atomic E-state index is 6.14. The van der Waals surface area contributed by atoms with Crippen LogP contribution < -0.4 is 10.4 Å². The lowest BCUT2D eigenvalue weighted by atomic mass is 10.4. The van der Waals surface area contributed by atoms with E-state index in [1.807, 2.05) is 0 Å². The molecular formula is C8H13N2S+. The van der Waals surface area contributed by atoms with Gasteiger partial charge in [-0.1, -0.05) is 0 Å². The molecule has 1 aromatic rings. The maximum absolute atomic E-state index is 6.14. The monoisotopic (exact) mass is 169 g/mol. The van der Waals surface area contributed by atoms with Crippen LogP contribution in [0, 0.1) is 0 Å². The molecule has 0 aliphatic carbocycles. The van der Waals surface area contributed by atoms with Crippen LogP contribution >= 0.6 is 11.3 Å². The minimum Gasteiger partial charge on any atom is -0.201 e. The van der Waals surface area contributed by atoms with Crippen molar-refractivity contribution in [3.8, 4) is 0 Å². The zero-order valence-corrected chi connectivity index (χ0v) is 7.64. The Morgan fingerprint density at radius 1 is 1.45 bits per heavy atom. The Balaban J connectivity index is 2.32. The van der Waals surface area contributed by atoms with Crippen molar-refractivity contribution in [1.82, 2.24) is 4.59 Å². The molecule has 0 radical (unpaired) electrons. The van der Waals surface area contributed by atoms with Crippen LogP contribution in [0.4, 0.5) is 5.69 Å². The van der Waals surface area contributed by atoms with E-state index in [9.17, 15) is 0 Å². The van der Waals surface area contributed by atoms with Crippen molar-refractivity contribution < 1.29 is 0 Å². The maximum Gasteiger partial charge on any atom is 0.163 e. The summed E-state index contributed by atoms with van der Waals surface area (Å²) in [5, 5.41) is 4.22. The minimum absolute atomic E-state index is 0.588. The Kier molecular flexibility index (Phi) is 1.36. The van der Waals surface area contributed by atoms with E-state index in [1.54, 1.807) is 11.3 Å². The molecular weight excluding hydrogens is 156 g/mol. The van der Waals surface area contributed by atoms with E-state index in [4.69, 9.17) is 5.84 Å². The van der Waals surface area contributed by atoms with E-state index in [2.05, 4.69) is 30.7 Å². The lowest BCUT2D eigenvalue weighted by molar-refractivity contribution is 0.506. The fraction of sp³-hybridized carbons (Fsp3) is 0.500. The van der Waals surface area contributed by atoms with Gasteiger partial charge in [0.05, 0.1) is 5.38 Å². The van der Waals surface area contributed by atoms with Crippen molar-refractivity contribution in [2.75, 3.05) is 0 Å². The Bertz CT molecular complexity index is 247. The molecule has 0 spiro atoms. The number of hydrogen-bond acceptors (Lipinski definition) is 2. The summed E-state index contributed by atoms with van der Waals surface area (Å²) in [4.78, 5) is 0. The predicted molar refractivity (Wildman–Crippen MR) is 49.2 cm³/mol. The first-order valence-corrected chi connectivity index (χ1v) is 4.81. The minimum atomic E-state index is 0.588. The molecule has 1 aliphatic heterocycles. The van der Waals surface area contributed by atoms with Gasteiger partial charge in [0.1, 0.15) is 0 Å². The smallest absolute Gasteiger partial charge is 0.163 e. The fourth-order valence-corrected chi connectivity index (χ4v) is 2.36. The Labute approximate surface area is 70.8 Å². The fourth-order valence-electron chi connectivity index (χ4n) is 1.66. The number of hydrogen-bond donors (Lipinski definition) is 1. The standard InChI is InChI=1S/C8H13N2S/c1-6-7(2)10(6,9)8-3-4-11-5-8/h3-7H,9H2,1-2H3/q+1. The second-order valence-electron chi connectivity index (χ2n) is 3.30. The average Bonchev–Trinajstić information content (AvgIpc) is 2.52. The number of thiophene rings is 1. The van der Waals surface area contributed by atoms with E-state index in [-0.39, 0.29) is 0 Å². The van der Waals surface area contributed by atoms with Gasteiger partial charge in [-0.15, -0.1) is 11.3 Å². The second kappa shape index (κ2) is 2.06. The third-order valence-electron chi connectivity index (χ3n) is 2.91. The molecule has 0 bridgehead atoms. The summed E-state index contributed by atoms with van der Waals surface area (Å²) < 4.78 is 0.642. The van der Waals surface area contributed by atoms with Gasteiger partial charge >= 0.3 is 0 Å². The quantitative estimate of drug-likeness (QED) is 0.386. The van der Waals surface area contributed by atoms with Gasteiger partial charge in [-0.3, -0.25) is 0 Å². The first kappa shape index (κ1) is 7.28. The summed E-state index contributed by atoms with van der Waals surface area (Å²) in [6.45, 7) is 4.39. The van der Waals surface area contributed by atoms with Crippen molar-refractivity contribution in [2.24, 2.45) is 5.84 Å². The highest BCUT2D eigenvalue weighted by Gasteiger charge is 2.60. The van der Waals surface area contributed by atoms with Crippen molar-refractivity contribution in [3.63, 3.8) is 0 Å². The largest absolute Gasteiger partial charge is 0.201 e. The number of rotatable bonds is 1. The van der Waals surface area contributed by atoms with Crippen molar-refractivity contribution in [2.45, 2.75) is 25.9 Å². The van der Waals surface area contributed by atoms with E-state index in [0.717, 1.165) is 0 Å². The number of nitrogens with zero attached hydrogens (tertiary/aromatic N) is 1. The summed E-state index contributed by atoms with van der Waals surface area (Å²) >= 11 is 1.71. The number of quaternary nitrogens is 1. The highest BCUT2D eigenvalue weighted by molar-refractivity contribution is 7.08. The second-order valence-corrected chi connectivity index (χ2v) is 4.08. The van der Waals surface area contributed by atoms with Crippen LogP contribution in [0.15, 0.2) is 16.8 Å². The van der Waals surface area contributed by atoms with Gasteiger partial charge in [0.2, 0.25) is 0 Å². The Morgan fingerprint density at radius 2 is 2.09 bits per heavy atom. The molecule has 2 atom stereocenters. The molecule has 2 heterocycles. The van der Waals surface area contributed by atoms with E-state index >= 15 is 0 Å². The number of nitrogens with two attached hydrogens (primary N) is 1. The van der Waals surface area contributed by atoms with Crippen LogP contribution in [0.3, 0.4) is 0 Å². The summed E-state index contributed by atoms with van der Waals surface area (Å²) in [5.41, 5.74) is 1.26. The lowest BCUT2D eigenvalue weighted by Crippen LogP contribution is -2.38. The van der Waals surface area contributed by atoms with Gasteiger partial charge < -0.3 is 0 Å².